The first kappa shape index (κ1) is 17.5. The molecule has 0 amide bonds. The molecule has 0 unspecified atom stereocenters. The lowest BCUT2D eigenvalue weighted by Gasteiger charge is -2.09. The number of rotatable bonds is 2. The van der Waals surface area contributed by atoms with Crippen LogP contribution in [0.3, 0.4) is 0 Å². The van der Waals surface area contributed by atoms with Crippen LogP contribution in [0, 0.1) is 11.3 Å². The molecule has 0 bridgehead atoms. The molecular weight excluding hydrogens is 348 g/mol. The van der Waals surface area contributed by atoms with Crippen LogP contribution in [-0.4, -0.2) is 19.3 Å². The lowest BCUT2D eigenvalue weighted by atomic mass is 9.97. The number of anilines is 1. The van der Waals surface area contributed by atoms with E-state index in [-0.39, 0.29) is 12.4 Å². The number of imidazole rings is 1. The van der Waals surface area contributed by atoms with Crippen LogP contribution in [0.2, 0.25) is 0 Å². The molecule has 7 heteroatoms. The van der Waals surface area contributed by atoms with Crippen LogP contribution < -0.4 is 5.73 Å². The Hall–Kier alpha value is -3.30. The van der Waals surface area contributed by atoms with Crippen LogP contribution in [0.4, 0.5) is 5.95 Å². The van der Waals surface area contributed by atoms with E-state index in [0.29, 0.717) is 11.5 Å². The van der Waals surface area contributed by atoms with Crippen molar-refractivity contribution >= 4 is 29.4 Å². The fourth-order valence-corrected chi connectivity index (χ4v) is 3.19. The summed E-state index contributed by atoms with van der Waals surface area (Å²) in [7, 11) is 3.77. The van der Waals surface area contributed by atoms with Crippen molar-refractivity contribution in [3.63, 3.8) is 0 Å². The molecule has 2 heterocycles. The van der Waals surface area contributed by atoms with Crippen LogP contribution in [-0.2, 0) is 14.1 Å². The number of nitrogens with two attached hydrogens (primary N) is 1. The van der Waals surface area contributed by atoms with E-state index in [0.717, 1.165) is 33.4 Å². The third kappa shape index (κ3) is 2.50. The zero-order chi connectivity index (χ0) is 17.6. The van der Waals surface area contributed by atoms with Crippen molar-refractivity contribution in [2.24, 2.45) is 14.1 Å². The number of aryl methyl sites for hydroxylation is 2. The molecule has 4 rings (SSSR count). The van der Waals surface area contributed by atoms with Crippen LogP contribution in [0.5, 0.6) is 0 Å². The second kappa shape index (κ2) is 6.54. The number of nitrogens with zero attached hydrogens (tertiary/aromatic N) is 5. The summed E-state index contributed by atoms with van der Waals surface area (Å²) in [5, 5.41) is 13.9. The van der Waals surface area contributed by atoms with Crippen molar-refractivity contribution in [2.75, 3.05) is 5.73 Å². The number of aromatic nitrogens is 4. The van der Waals surface area contributed by atoms with Crippen molar-refractivity contribution in [3.05, 3.63) is 54.2 Å². The van der Waals surface area contributed by atoms with Gasteiger partial charge in [0.1, 0.15) is 0 Å². The minimum Gasteiger partial charge on any atom is -0.369 e. The Morgan fingerprint density at radius 1 is 1.00 bits per heavy atom. The number of hydrogen-bond acceptors (Lipinski definition) is 4. The summed E-state index contributed by atoms with van der Waals surface area (Å²) < 4.78 is 3.65. The highest BCUT2D eigenvalue weighted by Gasteiger charge is 2.19. The van der Waals surface area contributed by atoms with Gasteiger partial charge in [-0.2, -0.15) is 10.4 Å². The first-order valence-electron chi connectivity index (χ1n) is 7.84. The monoisotopic (exact) mass is 364 g/mol. The normalized spacial score (nSPS) is 10.5. The number of halogens is 1. The van der Waals surface area contributed by atoms with Crippen molar-refractivity contribution in [3.8, 4) is 28.5 Å². The predicted octanol–water partition coefficient (Wildman–Crippen LogP) is 3.52. The second-order valence-electron chi connectivity index (χ2n) is 5.89. The largest absolute Gasteiger partial charge is 0.369 e. The Kier molecular flexibility index (Phi) is 4.41. The minimum atomic E-state index is 0. The first-order chi connectivity index (χ1) is 12.1. The number of benzene rings is 2. The third-order valence-corrected chi connectivity index (χ3v) is 4.48. The fraction of sp³-hybridized carbons (Fsp3) is 0.105. The van der Waals surface area contributed by atoms with Crippen molar-refractivity contribution < 1.29 is 0 Å². The molecule has 0 fully saturated rings. The van der Waals surface area contributed by atoms with Crippen LogP contribution in [0.1, 0.15) is 5.56 Å². The van der Waals surface area contributed by atoms with Gasteiger partial charge in [0.05, 0.1) is 34.6 Å². The van der Waals surface area contributed by atoms with Gasteiger partial charge >= 0.3 is 0 Å². The molecule has 0 radical (unpaired) electrons. The zero-order valence-corrected chi connectivity index (χ0v) is 15.2. The van der Waals surface area contributed by atoms with Crippen LogP contribution in [0.15, 0.2) is 48.7 Å². The van der Waals surface area contributed by atoms with Gasteiger partial charge in [0.15, 0.2) is 0 Å². The molecule has 0 aliphatic rings. The quantitative estimate of drug-likeness (QED) is 0.589. The van der Waals surface area contributed by atoms with E-state index in [4.69, 9.17) is 5.73 Å². The maximum atomic E-state index is 9.47. The Balaban J connectivity index is 0.00000196. The molecule has 0 saturated heterocycles. The molecule has 0 saturated carbocycles. The summed E-state index contributed by atoms with van der Waals surface area (Å²) in [6.07, 6.45) is 1.81. The molecule has 4 aromatic rings. The van der Waals surface area contributed by atoms with Gasteiger partial charge in [0, 0.05) is 30.8 Å². The number of fused-ring (bicyclic) bond motifs is 1. The van der Waals surface area contributed by atoms with Gasteiger partial charge < -0.3 is 10.3 Å². The number of para-hydroxylation sites is 1. The lowest BCUT2D eigenvalue weighted by molar-refractivity contribution is 0.776. The van der Waals surface area contributed by atoms with E-state index in [2.05, 4.69) is 16.2 Å². The summed E-state index contributed by atoms with van der Waals surface area (Å²) in [5.41, 5.74) is 12.0. The van der Waals surface area contributed by atoms with Crippen molar-refractivity contribution in [1.29, 1.82) is 5.26 Å². The highest BCUT2D eigenvalue weighted by molar-refractivity contribution is 5.97. The summed E-state index contributed by atoms with van der Waals surface area (Å²) in [6, 6.07) is 15.8. The maximum Gasteiger partial charge on any atom is 0.200 e. The van der Waals surface area contributed by atoms with Gasteiger partial charge in [0.2, 0.25) is 5.95 Å². The average molecular weight is 365 g/mol. The minimum absolute atomic E-state index is 0. The molecule has 2 aromatic carbocycles. The van der Waals surface area contributed by atoms with Crippen LogP contribution in [0.25, 0.3) is 33.4 Å². The lowest BCUT2D eigenvalue weighted by Crippen LogP contribution is -1.96. The van der Waals surface area contributed by atoms with Crippen molar-refractivity contribution in [1.82, 2.24) is 19.3 Å². The summed E-state index contributed by atoms with van der Waals surface area (Å²) in [4.78, 5) is 4.51. The molecule has 2 aromatic heterocycles. The molecule has 0 aliphatic heterocycles. The van der Waals surface area contributed by atoms with E-state index in [1.165, 1.54) is 0 Å². The van der Waals surface area contributed by atoms with Gasteiger partial charge in [0.25, 0.3) is 0 Å². The topological polar surface area (TPSA) is 85.5 Å². The number of nitriles is 1. The summed E-state index contributed by atoms with van der Waals surface area (Å²) in [5.74, 6) is 0.463. The number of nitrogen functional groups attached to an aromatic ring is 1. The van der Waals surface area contributed by atoms with Crippen molar-refractivity contribution in [2.45, 2.75) is 0 Å². The van der Waals surface area contributed by atoms with Gasteiger partial charge in [-0.3, -0.25) is 4.68 Å². The van der Waals surface area contributed by atoms with Gasteiger partial charge in [-0.05, 0) is 12.1 Å². The van der Waals surface area contributed by atoms with Crippen LogP contribution >= 0.6 is 12.4 Å². The average Bonchev–Trinajstić information content (AvgIpc) is 3.15. The van der Waals surface area contributed by atoms with E-state index in [1.807, 2.05) is 67.3 Å². The Morgan fingerprint density at radius 3 is 2.50 bits per heavy atom. The molecule has 0 spiro atoms. The maximum absolute atomic E-state index is 9.47. The van der Waals surface area contributed by atoms with E-state index < -0.39 is 0 Å². The summed E-state index contributed by atoms with van der Waals surface area (Å²) in [6.45, 7) is 0. The van der Waals surface area contributed by atoms with E-state index in [9.17, 15) is 5.26 Å². The third-order valence-electron chi connectivity index (χ3n) is 4.48. The molecule has 0 aliphatic carbocycles. The predicted molar refractivity (Wildman–Crippen MR) is 105 cm³/mol. The molecule has 26 heavy (non-hydrogen) atoms. The molecular formula is C19H17ClN6. The number of hydrogen-bond donors (Lipinski definition) is 1. The Labute approximate surface area is 156 Å². The smallest absolute Gasteiger partial charge is 0.200 e. The summed E-state index contributed by atoms with van der Waals surface area (Å²) >= 11 is 0. The highest BCUT2D eigenvalue weighted by atomic mass is 35.5. The fourth-order valence-electron chi connectivity index (χ4n) is 3.19. The van der Waals surface area contributed by atoms with Gasteiger partial charge in [-0.15, -0.1) is 12.4 Å². The van der Waals surface area contributed by atoms with E-state index in [1.54, 1.807) is 4.68 Å². The molecule has 130 valence electrons. The first-order valence-corrected chi connectivity index (χ1v) is 7.84. The highest BCUT2D eigenvalue weighted by Crippen LogP contribution is 2.37. The van der Waals surface area contributed by atoms with Gasteiger partial charge in [-0.1, -0.05) is 30.3 Å². The van der Waals surface area contributed by atoms with E-state index >= 15 is 0 Å². The molecule has 2 N–H and O–H groups in total. The Bertz CT molecular complexity index is 1150. The Morgan fingerprint density at radius 2 is 1.73 bits per heavy atom. The molecule has 6 nitrogen and oxygen atoms in total. The second-order valence-corrected chi connectivity index (χ2v) is 5.89. The molecule has 0 atom stereocenters. The van der Waals surface area contributed by atoms with Gasteiger partial charge in [-0.25, -0.2) is 4.98 Å². The zero-order valence-electron chi connectivity index (χ0n) is 14.3. The SMILES string of the molecule is Cl.Cn1ncc(-c2cccc3c2nc(N)n3C)c1-c1ccccc1C#N. The standard InChI is InChI=1S/C19H16N6.ClH/c1-24-16-9-5-8-14(17(16)23-19(24)21)15-11-22-25(2)18(15)13-7-4-3-6-12(13)10-20;/h3-9,11H,1-2H3,(H2,21,23);1H.